The number of likely N-dealkylation sites (N-methyl/N-ethyl adjacent to an activating group) is 1. The first-order valence-corrected chi connectivity index (χ1v) is 17.3. The van der Waals surface area contributed by atoms with Crippen molar-refractivity contribution in [2.45, 2.75) is 103 Å². The maximum absolute atomic E-state index is 14.4. The van der Waals surface area contributed by atoms with Gasteiger partial charge in [0.05, 0.1) is 36.8 Å². The Morgan fingerprint density at radius 3 is 2.47 bits per heavy atom. The van der Waals surface area contributed by atoms with Crippen LogP contribution in [0.3, 0.4) is 0 Å². The lowest BCUT2D eigenvalue weighted by molar-refractivity contribution is -0.115. The molecule has 0 radical (unpaired) electrons. The normalized spacial score (nSPS) is 22.3. The van der Waals surface area contributed by atoms with Crippen LogP contribution in [-0.2, 0) is 16.0 Å². The molecular weight excluding hydrogens is 596 g/mol. The molecule has 1 heterocycles. The van der Waals surface area contributed by atoms with Gasteiger partial charge in [-0.2, -0.15) is 0 Å². The van der Waals surface area contributed by atoms with Crippen molar-refractivity contribution in [2.24, 2.45) is 5.92 Å². The van der Waals surface area contributed by atoms with Gasteiger partial charge in [-0.1, -0.05) is 56.5 Å². The first kappa shape index (κ1) is 36.2. The largest absolute Gasteiger partial charge is 0.490 e. The molecule has 2 aromatic carbocycles. The van der Waals surface area contributed by atoms with Crippen LogP contribution in [0.1, 0.15) is 88.1 Å². The zero-order valence-corrected chi connectivity index (χ0v) is 28.6. The summed E-state index contributed by atoms with van der Waals surface area (Å²) in [5.74, 6) is -0.211. The second-order valence-electron chi connectivity index (χ2n) is 13.4. The van der Waals surface area contributed by atoms with Gasteiger partial charge in [0.2, 0.25) is 5.91 Å². The van der Waals surface area contributed by atoms with E-state index >= 15 is 0 Å². The third-order valence-electron chi connectivity index (χ3n) is 9.28. The Balaban J connectivity index is 1.56. The minimum absolute atomic E-state index is 0.106. The quantitative estimate of drug-likeness (QED) is 0.340. The number of nitrogens with zero attached hydrogens (tertiary/aromatic N) is 2. The number of fused-ring (bicyclic) bond motifs is 1. The number of amides is 4. The number of rotatable bonds is 8. The Morgan fingerprint density at radius 2 is 1.74 bits per heavy atom. The number of hydrogen-bond donors (Lipinski definition) is 3. The van der Waals surface area contributed by atoms with Gasteiger partial charge in [-0.05, 0) is 69.7 Å². The topological polar surface area (TPSA) is 120 Å². The molecule has 4 amide bonds. The molecule has 0 aromatic heterocycles. The number of carbonyl (C=O) groups is 3. The lowest BCUT2D eigenvalue weighted by atomic mass is 9.96. The number of hydrogen-bond acceptors (Lipinski definition) is 6. The van der Waals surface area contributed by atoms with E-state index in [1.807, 2.05) is 51.1 Å². The van der Waals surface area contributed by atoms with Crippen LogP contribution in [0, 0.1) is 5.92 Å². The average molecular weight is 651 g/mol. The molecule has 0 saturated heterocycles. The van der Waals surface area contributed by atoms with Gasteiger partial charge in [-0.3, -0.25) is 9.59 Å². The molecule has 1 aliphatic heterocycles. The summed E-state index contributed by atoms with van der Waals surface area (Å²) in [5.41, 5.74) is 1.70. The Kier molecular flexibility index (Phi) is 13.9. The van der Waals surface area contributed by atoms with Crippen LogP contribution < -0.4 is 15.4 Å². The zero-order chi connectivity index (χ0) is 33.8. The third-order valence-corrected chi connectivity index (χ3v) is 9.28. The number of carbonyl (C=O) groups excluding carboxylic acids is 3. The Labute approximate surface area is 280 Å². The summed E-state index contributed by atoms with van der Waals surface area (Å²) in [6, 6.07) is 14.3. The fourth-order valence-electron chi connectivity index (χ4n) is 6.33. The molecule has 4 rings (SSSR count). The second-order valence-corrected chi connectivity index (χ2v) is 13.4. The van der Waals surface area contributed by atoms with Crippen LogP contribution >= 0.6 is 0 Å². The molecule has 4 atom stereocenters. The van der Waals surface area contributed by atoms with E-state index in [0.717, 1.165) is 50.5 Å². The summed E-state index contributed by atoms with van der Waals surface area (Å²) >= 11 is 0. The molecule has 1 saturated carbocycles. The van der Waals surface area contributed by atoms with E-state index in [1.165, 1.54) is 6.42 Å². The van der Waals surface area contributed by atoms with Crippen LogP contribution in [0.25, 0.3) is 0 Å². The van der Waals surface area contributed by atoms with Gasteiger partial charge in [0.1, 0.15) is 5.75 Å². The van der Waals surface area contributed by atoms with Crippen molar-refractivity contribution in [1.82, 2.24) is 15.1 Å². The monoisotopic (exact) mass is 650 g/mol. The summed E-state index contributed by atoms with van der Waals surface area (Å²) in [4.78, 5) is 43.7. The van der Waals surface area contributed by atoms with Crippen LogP contribution in [0.5, 0.6) is 5.75 Å². The predicted molar refractivity (Wildman–Crippen MR) is 184 cm³/mol. The highest BCUT2D eigenvalue weighted by molar-refractivity contribution is 6.00. The standard InChI is InChI=1S/C37H54N4O6/c1-26-23-41(27(2)25-42)36(44)32-22-31(38-35(43)21-29-14-7-5-8-15-29)18-19-33(32)47-28(3)13-11-12-20-46-34(26)24-40(4)37(45)39-30-16-9-6-10-17-30/h5,7-8,14-15,18-19,22,26-28,30,34,42H,6,9-13,16-17,20-21,23-25H2,1-4H3,(H,38,43)(H,39,45)/t26-,27+,28-,34+/m0/s1. The molecule has 1 aliphatic carbocycles. The van der Waals surface area contributed by atoms with Crippen LogP contribution in [0.2, 0.25) is 0 Å². The van der Waals surface area contributed by atoms with Crippen molar-refractivity contribution in [1.29, 1.82) is 0 Å². The molecule has 1 fully saturated rings. The summed E-state index contributed by atoms with van der Waals surface area (Å²) in [6.45, 7) is 6.79. The molecule has 0 unspecified atom stereocenters. The van der Waals surface area contributed by atoms with Crippen LogP contribution in [-0.4, -0.2) is 90.4 Å². The Morgan fingerprint density at radius 1 is 1.02 bits per heavy atom. The van der Waals surface area contributed by atoms with E-state index in [-0.39, 0.29) is 55.0 Å². The summed E-state index contributed by atoms with van der Waals surface area (Å²) in [6.07, 6.45) is 7.73. The minimum atomic E-state index is -0.493. The average Bonchev–Trinajstić information content (AvgIpc) is 3.06. The molecule has 0 spiro atoms. The summed E-state index contributed by atoms with van der Waals surface area (Å²) < 4.78 is 12.7. The van der Waals surface area contributed by atoms with E-state index < -0.39 is 6.04 Å². The van der Waals surface area contributed by atoms with Crippen molar-refractivity contribution in [3.8, 4) is 5.75 Å². The fraction of sp³-hybridized carbons (Fsp3) is 0.595. The van der Waals surface area contributed by atoms with Gasteiger partial charge in [0, 0.05) is 44.4 Å². The van der Waals surface area contributed by atoms with E-state index in [0.29, 0.717) is 36.7 Å². The lowest BCUT2D eigenvalue weighted by Crippen LogP contribution is -2.50. The minimum Gasteiger partial charge on any atom is -0.490 e. The molecule has 0 bridgehead atoms. The number of nitrogens with one attached hydrogen (secondary N) is 2. The first-order valence-electron chi connectivity index (χ1n) is 17.3. The van der Waals surface area contributed by atoms with Gasteiger partial charge in [0.15, 0.2) is 0 Å². The third kappa shape index (κ3) is 11.0. The maximum atomic E-state index is 14.4. The molecule has 10 heteroatoms. The van der Waals surface area contributed by atoms with Gasteiger partial charge in [0.25, 0.3) is 5.91 Å². The van der Waals surface area contributed by atoms with E-state index in [9.17, 15) is 19.5 Å². The number of anilines is 1. The fourth-order valence-corrected chi connectivity index (χ4v) is 6.33. The molecule has 3 N–H and O–H groups in total. The van der Waals surface area contributed by atoms with E-state index in [1.54, 1.807) is 35.0 Å². The molecule has 2 aromatic rings. The first-order chi connectivity index (χ1) is 22.6. The molecular formula is C37H54N4O6. The van der Waals surface area contributed by atoms with Gasteiger partial charge >= 0.3 is 6.03 Å². The number of urea groups is 1. The number of benzene rings is 2. The SMILES string of the molecule is C[C@H](CO)N1C[C@H](C)[C@@H](CN(C)C(=O)NC2CCCCC2)OCCCC[C@H](C)Oc2ccc(NC(=O)Cc3ccccc3)cc2C1=O. The number of aliphatic hydroxyl groups is 1. The highest BCUT2D eigenvalue weighted by atomic mass is 16.5. The smallest absolute Gasteiger partial charge is 0.317 e. The van der Waals surface area contributed by atoms with Crippen molar-refractivity contribution in [3.63, 3.8) is 0 Å². The van der Waals surface area contributed by atoms with Crippen LogP contribution in [0.15, 0.2) is 48.5 Å². The van der Waals surface area contributed by atoms with Crippen molar-refractivity contribution >= 4 is 23.5 Å². The van der Waals surface area contributed by atoms with Gasteiger partial charge in [-0.15, -0.1) is 0 Å². The summed E-state index contributed by atoms with van der Waals surface area (Å²) in [5, 5.41) is 16.4. The van der Waals surface area contributed by atoms with Gasteiger partial charge in [-0.25, -0.2) is 4.79 Å². The lowest BCUT2D eigenvalue weighted by Gasteiger charge is -2.36. The summed E-state index contributed by atoms with van der Waals surface area (Å²) in [7, 11) is 1.79. The Hall–Kier alpha value is -3.63. The van der Waals surface area contributed by atoms with Crippen molar-refractivity contribution in [2.75, 3.05) is 38.7 Å². The number of aliphatic hydroxyl groups excluding tert-OH is 1. The number of ether oxygens (including phenoxy) is 2. The van der Waals surface area contributed by atoms with E-state index in [2.05, 4.69) is 10.6 Å². The van der Waals surface area contributed by atoms with Crippen molar-refractivity contribution < 1.29 is 29.0 Å². The van der Waals surface area contributed by atoms with Crippen molar-refractivity contribution in [3.05, 3.63) is 59.7 Å². The van der Waals surface area contributed by atoms with Gasteiger partial charge < -0.3 is 35.0 Å². The van der Waals surface area contributed by atoms with E-state index in [4.69, 9.17) is 9.47 Å². The molecule has 10 nitrogen and oxygen atoms in total. The zero-order valence-electron chi connectivity index (χ0n) is 28.6. The molecule has 47 heavy (non-hydrogen) atoms. The Bertz CT molecular complexity index is 1300. The molecule has 2 aliphatic rings. The molecule has 258 valence electrons. The maximum Gasteiger partial charge on any atom is 0.317 e. The second kappa shape index (κ2) is 18.1. The highest BCUT2D eigenvalue weighted by Crippen LogP contribution is 2.29. The highest BCUT2D eigenvalue weighted by Gasteiger charge is 2.31. The van der Waals surface area contributed by atoms with Crippen LogP contribution in [0.4, 0.5) is 10.5 Å². The predicted octanol–water partition coefficient (Wildman–Crippen LogP) is 5.64.